The molecule has 0 fully saturated rings. The van der Waals surface area contributed by atoms with Gasteiger partial charge >= 0.3 is 0 Å². The zero-order valence-corrected chi connectivity index (χ0v) is 11.2. The predicted molar refractivity (Wildman–Crippen MR) is 73.0 cm³/mol. The number of carbonyl (C=O) groups is 1. The highest BCUT2D eigenvalue weighted by molar-refractivity contribution is 7.85. The Bertz CT molecular complexity index is 498. The summed E-state index contributed by atoms with van der Waals surface area (Å²) in [6.07, 6.45) is 4.12. The third-order valence-corrected chi connectivity index (χ3v) is 3.55. The highest BCUT2D eigenvalue weighted by Crippen LogP contribution is 2.09. The van der Waals surface area contributed by atoms with Gasteiger partial charge in [-0.05, 0) is 32.1 Å². The molecule has 0 heterocycles. The number of aryl methyl sites for hydroxylation is 1. The lowest BCUT2D eigenvalue weighted by molar-refractivity contribution is -0.112. The molecule has 0 radical (unpaired) electrons. The van der Waals surface area contributed by atoms with E-state index in [2.05, 4.69) is 0 Å². The molecule has 0 saturated heterocycles. The lowest BCUT2D eigenvalue weighted by atomic mass is 10.2. The van der Waals surface area contributed by atoms with E-state index in [-0.39, 0.29) is 17.3 Å². The van der Waals surface area contributed by atoms with Gasteiger partial charge in [-0.2, -0.15) is 0 Å². The molecule has 0 aromatic heterocycles. The van der Waals surface area contributed by atoms with E-state index < -0.39 is 10.8 Å². The number of rotatable bonds is 5. The number of hydrogen-bond donors (Lipinski definition) is 1. The van der Waals surface area contributed by atoms with Gasteiger partial charge in [0.05, 0.1) is 16.6 Å². The highest BCUT2D eigenvalue weighted by atomic mass is 32.2. The minimum atomic E-state index is -1.37. The van der Waals surface area contributed by atoms with Crippen LogP contribution in [0.5, 0.6) is 0 Å². The average Bonchev–Trinajstić information content (AvgIpc) is 2.29. The molecule has 96 valence electrons. The zero-order chi connectivity index (χ0) is 13.5. The lowest BCUT2D eigenvalue weighted by Gasteiger charge is -2.00. The number of allylic oxidation sites excluding steroid dienone is 3. The van der Waals surface area contributed by atoms with E-state index in [1.54, 1.807) is 25.1 Å². The van der Waals surface area contributed by atoms with Crippen LogP contribution in [0.15, 0.2) is 53.1 Å². The van der Waals surface area contributed by atoms with Crippen LogP contribution < -0.4 is 0 Å². The molecular formula is C14H16O3S. The molecule has 0 bridgehead atoms. The normalized spacial score (nSPS) is 13.8. The molecule has 1 aromatic rings. The minimum absolute atomic E-state index is 0.120. The Balaban J connectivity index is 2.68. The summed E-state index contributed by atoms with van der Waals surface area (Å²) in [6.45, 7) is 3.68. The fraction of sp³-hybridized carbons (Fsp3) is 0.214. The second-order valence-corrected chi connectivity index (χ2v) is 5.29. The van der Waals surface area contributed by atoms with Crippen molar-refractivity contribution >= 4 is 16.6 Å². The first-order chi connectivity index (χ1) is 8.52. The fourth-order valence-electron chi connectivity index (χ4n) is 1.33. The van der Waals surface area contributed by atoms with Gasteiger partial charge < -0.3 is 5.11 Å². The molecule has 1 aromatic carbocycles. The SMILES string of the molecule is C/C=C/C(O)=C/C(=O)CS(=O)c1ccc(C)cc1. The van der Waals surface area contributed by atoms with E-state index in [0.29, 0.717) is 4.90 Å². The summed E-state index contributed by atoms with van der Waals surface area (Å²) in [5.41, 5.74) is 1.08. The Morgan fingerprint density at radius 1 is 1.33 bits per heavy atom. The third-order valence-electron chi connectivity index (χ3n) is 2.20. The monoisotopic (exact) mass is 264 g/mol. The molecule has 0 spiro atoms. The first-order valence-electron chi connectivity index (χ1n) is 5.54. The van der Waals surface area contributed by atoms with Crippen molar-refractivity contribution in [1.29, 1.82) is 0 Å². The quantitative estimate of drug-likeness (QED) is 0.505. The highest BCUT2D eigenvalue weighted by Gasteiger charge is 2.08. The van der Waals surface area contributed by atoms with Crippen LogP contribution in [0.1, 0.15) is 12.5 Å². The summed E-state index contributed by atoms with van der Waals surface area (Å²) < 4.78 is 11.9. The van der Waals surface area contributed by atoms with Gasteiger partial charge in [-0.1, -0.05) is 23.8 Å². The van der Waals surface area contributed by atoms with Crippen molar-refractivity contribution in [3.63, 3.8) is 0 Å². The molecule has 1 N–H and O–H groups in total. The average molecular weight is 264 g/mol. The topological polar surface area (TPSA) is 54.4 Å². The summed E-state index contributed by atoms with van der Waals surface area (Å²) in [7, 11) is -1.37. The third kappa shape index (κ3) is 4.67. The van der Waals surface area contributed by atoms with Gasteiger partial charge in [-0.3, -0.25) is 9.00 Å². The smallest absolute Gasteiger partial charge is 0.172 e. The maximum absolute atomic E-state index is 11.9. The minimum Gasteiger partial charge on any atom is -0.508 e. The van der Waals surface area contributed by atoms with Crippen molar-refractivity contribution in [2.24, 2.45) is 0 Å². The first-order valence-corrected chi connectivity index (χ1v) is 6.86. The van der Waals surface area contributed by atoms with Crippen molar-refractivity contribution in [2.45, 2.75) is 18.7 Å². The van der Waals surface area contributed by atoms with Crippen molar-refractivity contribution in [3.05, 3.63) is 53.8 Å². The predicted octanol–water partition coefficient (Wildman–Crippen LogP) is 2.69. The Morgan fingerprint density at radius 2 is 1.94 bits per heavy atom. The summed E-state index contributed by atoms with van der Waals surface area (Å²) in [5.74, 6) is -0.599. The van der Waals surface area contributed by atoms with E-state index in [1.807, 2.05) is 19.1 Å². The van der Waals surface area contributed by atoms with Crippen LogP contribution in [-0.4, -0.2) is 20.9 Å². The standard InChI is InChI=1S/C14H16O3S/c1-3-4-12(15)9-13(16)10-18(17)14-7-5-11(2)6-8-14/h3-9,15H,10H2,1-2H3/b4-3+,12-9-. The molecule has 3 nitrogen and oxygen atoms in total. The number of ketones is 1. The molecule has 1 rings (SSSR count). The second-order valence-electron chi connectivity index (χ2n) is 3.84. The lowest BCUT2D eigenvalue weighted by Crippen LogP contribution is -2.08. The first kappa shape index (κ1) is 14.4. The number of aliphatic hydroxyl groups is 1. The fourth-order valence-corrected chi connectivity index (χ4v) is 2.28. The van der Waals surface area contributed by atoms with Crippen LogP contribution in [0.25, 0.3) is 0 Å². The second kappa shape index (κ2) is 6.91. The van der Waals surface area contributed by atoms with Gasteiger partial charge in [0.1, 0.15) is 5.76 Å². The molecule has 0 aliphatic rings. The van der Waals surface area contributed by atoms with Crippen molar-refractivity contribution in [2.75, 3.05) is 5.75 Å². The van der Waals surface area contributed by atoms with Gasteiger partial charge in [-0.25, -0.2) is 0 Å². The van der Waals surface area contributed by atoms with Gasteiger partial charge in [0.2, 0.25) is 0 Å². The van der Waals surface area contributed by atoms with Crippen molar-refractivity contribution in [3.8, 4) is 0 Å². The maximum Gasteiger partial charge on any atom is 0.172 e. The van der Waals surface area contributed by atoms with Crippen LogP contribution in [0.3, 0.4) is 0 Å². The van der Waals surface area contributed by atoms with Crippen LogP contribution >= 0.6 is 0 Å². The summed E-state index contributed by atoms with van der Waals surface area (Å²) in [6, 6.07) is 7.19. The molecular weight excluding hydrogens is 248 g/mol. The molecule has 1 atom stereocenters. The van der Waals surface area contributed by atoms with Gasteiger partial charge in [0, 0.05) is 11.0 Å². The van der Waals surface area contributed by atoms with E-state index >= 15 is 0 Å². The van der Waals surface area contributed by atoms with E-state index in [0.717, 1.165) is 11.6 Å². The van der Waals surface area contributed by atoms with Crippen molar-refractivity contribution in [1.82, 2.24) is 0 Å². The zero-order valence-electron chi connectivity index (χ0n) is 10.4. The Kier molecular flexibility index (Phi) is 5.52. The summed E-state index contributed by atoms with van der Waals surface area (Å²) in [5, 5.41) is 9.29. The molecule has 4 heteroatoms. The molecule has 0 aliphatic heterocycles. The van der Waals surface area contributed by atoms with E-state index in [9.17, 15) is 14.1 Å². The maximum atomic E-state index is 11.9. The molecule has 0 amide bonds. The van der Waals surface area contributed by atoms with Crippen LogP contribution in [0.2, 0.25) is 0 Å². The Hall–Kier alpha value is -1.68. The van der Waals surface area contributed by atoms with E-state index in [1.165, 1.54) is 6.08 Å². The summed E-state index contributed by atoms with van der Waals surface area (Å²) >= 11 is 0. The van der Waals surface area contributed by atoms with Crippen LogP contribution in [-0.2, 0) is 15.6 Å². The number of hydrogen-bond acceptors (Lipinski definition) is 3. The van der Waals surface area contributed by atoms with Crippen molar-refractivity contribution < 1.29 is 14.1 Å². The number of carbonyl (C=O) groups excluding carboxylic acids is 1. The van der Waals surface area contributed by atoms with Crippen LogP contribution in [0, 0.1) is 6.92 Å². The largest absolute Gasteiger partial charge is 0.508 e. The Labute approximate surface area is 109 Å². The van der Waals surface area contributed by atoms with Gasteiger partial charge in [0.15, 0.2) is 5.78 Å². The molecule has 0 aliphatic carbocycles. The van der Waals surface area contributed by atoms with Crippen LogP contribution in [0.4, 0.5) is 0 Å². The number of benzene rings is 1. The Morgan fingerprint density at radius 3 is 2.50 bits per heavy atom. The summed E-state index contributed by atoms with van der Waals surface area (Å²) in [4.78, 5) is 12.1. The number of aliphatic hydroxyl groups excluding tert-OH is 1. The van der Waals surface area contributed by atoms with Gasteiger partial charge in [0.25, 0.3) is 0 Å². The van der Waals surface area contributed by atoms with E-state index in [4.69, 9.17) is 0 Å². The van der Waals surface area contributed by atoms with Gasteiger partial charge in [-0.15, -0.1) is 0 Å². The molecule has 1 unspecified atom stereocenters. The molecule has 0 saturated carbocycles. The molecule has 18 heavy (non-hydrogen) atoms.